The lowest BCUT2D eigenvalue weighted by Gasteiger charge is -2.10. The van der Waals surface area contributed by atoms with Gasteiger partial charge in [-0.05, 0) is 31.5 Å². The van der Waals surface area contributed by atoms with Crippen LogP contribution in [-0.4, -0.2) is 29.8 Å². The van der Waals surface area contributed by atoms with E-state index in [-0.39, 0.29) is 5.82 Å². The molecule has 0 fully saturated rings. The van der Waals surface area contributed by atoms with E-state index in [2.05, 4.69) is 10.3 Å². The summed E-state index contributed by atoms with van der Waals surface area (Å²) in [7, 11) is 1.67. The van der Waals surface area contributed by atoms with Gasteiger partial charge in [-0.15, -0.1) is 0 Å². The Labute approximate surface area is 122 Å². The van der Waals surface area contributed by atoms with Crippen LogP contribution in [0.5, 0.6) is 0 Å². The first-order valence-electron chi connectivity index (χ1n) is 6.35. The molecule has 2 rings (SSSR count). The molecule has 108 valence electrons. The molecule has 1 N–H and O–H groups in total. The lowest BCUT2D eigenvalue weighted by atomic mass is 10.3. The number of methoxy groups -OCH3 is 1. The Hall–Kier alpha value is -1.59. The van der Waals surface area contributed by atoms with E-state index in [9.17, 15) is 4.39 Å². The van der Waals surface area contributed by atoms with Crippen LogP contribution in [0.3, 0.4) is 0 Å². The predicted molar refractivity (Wildman–Crippen MR) is 78.3 cm³/mol. The van der Waals surface area contributed by atoms with Gasteiger partial charge in [0.15, 0.2) is 0 Å². The fourth-order valence-corrected chi connectivity index (χ4v) is 2.13. The van der Waals surface area contributed by atoms with E-state index < -0.39 is 0 Å². The van der Waals surface area contributed by atoms with E-state index in [0.29, 0.717) is 23.3 Å². The standard InChI is InChI=1S/C14H17ClFN3O/c1-10-9-19(13-7-11(15)6-12(16)8-13)14(18-10)17-4-3-5-20-2/h6-9H,3-5H2,1-2H3,(H,17,18). The maximum Gasteiger partial charge on any atom is 0.207 e. The number of halogens is 2. The Morgan fingerprint density at radius 1 is 1.40 bits per heavy atom. The average molecular weight is 298 g/mol. The second kappa shape index (κ2) is 6.72. The summed E-state index contributed by atoms with van der Waals surface area (Å²) in [5.74, 6) is 0.296. The molecule has 0 saturated carbocycles. The Morgan fingerprint density at radius 2 is 2.20 bits per heavy atom. The highest BCUT2D eigenvalue weighted by Crippen LogP contribution is 2.21. The largest absolute Gasteiger partial charge is 0.385 e. The molecular formula is C14H17ClFN3O. The molecule has 0 atom stereocenters. The van der Waals surface area contributed by atoms with Crippen LogP contribution < -0.4 is 5.32 Å². The monoisotopic (exact) mass is 297 g/mol. The normalized spacial score (nSPS) is 10.8. The van der Waals surface area contributed by atoms with Crippen molar-refractivity contribution in [3.8, 4) is 5.69 Å². The molecule has 0 spiro atoms. The van der Waals surface area contributed by atoms with E-state index in [4.69, 9.17) is 16.3 Å². The van der Waals surface area contributed by atoms with E-state index in [1.165, 1.54) is 12.1 Å². The number of nitrogens with zero attached hydrogens (tertiary/aromatic N) is 2. The molecule has 6 heteroatoms. The molecule has 1 heterocycles. The van der Waals surface area contributed by atoms with Crippen molar-refractivity contribution in [3.63, 3.8) is 0 Å². The quantitative estimate of drug-likeness (QED) is 0.830. The molecule has 0 aliphatic carbocycles. The number of hydrogen-bond donors (Lipinski definition) is 1. The average Bonchev–Trinajstić information content (AvgIpc) is 2.75. The van der Waals surface area contributed by atoms with Gasteiger partial charge in [0.1, 0.15) is 5.82 Å². The van der Waals surface area contributed by atoms with E-state index in [1.807, 2.05) is 13.1 Å². The molecular weight excluding hydrogens is 281 g/mol. The van der Waals surface area contributed by atoms with Crippen molar-refractivity contribution in [2.75, 3.05) is 25.6 Å². The fraction of sp³-hybridized carbons (Fsp3) is 0.357. The third kappa shape index (κ3) is 3.71. The zero-order chi connectivity index (χ0) is 14.5. The van der Waals surface area contributed by atoms with Gasteiger partial charge in [-0.3, -0.25) is 4.57 Å². The van der Waals surface area contributed by atoms with Crippen molar-refractivity contribution in [1.29, 1.82) is 0 Å². The Kier molecular flexibility index (Phi) is 4.98. The van der Waals surface area contributed by atoms with Crippen LogP contribution in [0.15, 0.2) is 24.4 Å². The summed E-state index contributed by atoms with van der Waals surface area (Å²) in [6, 6.07) is 4.40. The van der Waals surface area contributed by atoms with Gasteiger partial charge < -0.3 is 10.1 Å². The molecule has 1 aromatic heterocycles. The second-order valence-corrected chi connectivity index (χ2v) is 4.91. The molecule has 0 aliphatic rings. The minimum Gasteiger partial charge on any atom is -0.385 e. The van der Waals surface area contributed by atoms with Gasteiger partial charge in [0.05, 0.1) is 11.4 Å². The maximum absolute atomic E-state index is 13.4. The number of nitrogens with one attached hydrogen (secondary N) is 1. The Balaban J connectivity index is 2.22. The first kappa shape index (κ1) is 14.8. The molecule has 20 heavy (non-hydrogen) atoms. The Bertz CT molecular complexity index is 566. The molecule has 1 aromatic carbocycles. The molecule has 0 radical (unpaired) electrons. The van der Waals surface area contributed by atoms with E-state index in [0.717, 1.165) is 18.7 Å². The first-order chi connectivity index (χ1) is 9.60. The summed E-state index contributed by atoms with van der Waals surface area (Å²) in [5.41, 5.74) is 1.49. The third-order valence-electron chi connectivity index (χ3n) is 2.76. The number of hydrogen-bond acceptors (Lipinski definition) is 3. The molecule has 0 saturated heterocycles. The molecule has 2 aromatic rings. The maximum atomic E-state index is 13.4. The highest BCUT2D eigenvalue weighted by atomic mass is 35.5. The van der Waals surface area contributed by atoms with Crippen LogP contribution in [0.1, 0.15) is 12.1 Å². The molecule has 0 amide bonds. The summed E-state index contributed by atoms with van der Waals surface area (Å²) < 4.78 is 20.2. The van der Waals surface area contributed by atoms with Crippen LogP contribution in [-0.2, 0) is 4.74 Å². The van der Waals surface area contributed by atoms with Gasteiger partial charge in [-0.2, -0.15) is 0 Å². The van der Waals surface area contributed by atoms with Crippen LogP contribution in [0.25, 0.3) is 5.69 Å². The van der Waals surface area contributed by atoms with Crippen molar-refractivity contribution >= 4 is 17.5 Å². The van der Waals surface area contributed by atoms with Gasteiger partial charge in [0.2, 0.25) is 5.95 Å². The lowest BCUT2D eigenvalue weighted by Crippen LogP contribution is -2.09. The smallest absolute Gasteiger partial charge is 0.207 e. The number of benzene rings is 1. The van der Waals surface area contributed by atoms with Crippen molar-refractivity contribution in [3.05, 3.63) is 40.9 Å². The molecule has 0 aliphatic heterocycles. The number of rotatable bonds is 6. The van der Waals surface area contributed by atoms with Gasteiger partial charge in [-0.25, -0.2) is 9.37 Å². The van der Waals surface area contributed by atoms with Crippen molar-refractivity contribution in [2.45, 2.75) is 13.3 Å². The topological polar surface area (TPSA) is 39.1 Å². The number of aromatic nitrogens is 2. The number of aryl methyl sites for hydroxylation is 1. The van der Waals surface area contributed by atoms with Gasteiger partial charge in [0.25, 0.3) is 0 Å². The second-order valence-electron chi connectivity index (χ2n) is 4.48. The highest BCUT2D eigenvalue weighted by Gasteiger charge is 2.09. The van der Waals surface area contributed by atoms with Crippen molar-refractivity contribution in [2.24, 2.45) is 0 Å². The zero-order valence-corrected chi connectivity index (χ0v) is 12.2. The predicted octanol–water partition coefficient (Wildman–Crippen LogP) is 3.42. The fourth-order valence-electron chi connectivity index (χ4n) is 1.91. The number of imidazole rings is 1. The van der Waals surface area contributed by atoms with Crippen LogP contribution in [0.2, 0.25) is 5.02 Å². The highest BCUT2D eigenvalue weighted by molar-refractivity contribution is 6.30. The summed E-state index contributed by atoms with van der Waals surface area (Å²) in [4.78, 5) is 4.39. The van der Waals surface area contributed by atoms with E-state index in [1.54, 1.807) is 17.7 Å². The minimum absolute atomic E-state index is 0.358. The van der Waals surface area contributed by atoms with E-state index >= 15 is 0 Å². The summed E-state index contributed by atoms with van der Waals surface area (Å²) in [5, 5.41) is 3.57. The summed E-state index contributed by atoms with van der Waals surface area (Å²) >= 11 is 5.89. The van der Waals surface area contributed by atoms with Crippen LogP contribution in [0, 0.1) is 12.7 Å². The lowest BCUT2D eigenvalue weighted by molar-refractivity contribution is 0.197. The van der Waals surface area contributed by atoms with Crippen molar-refractivity contribution < 1.29 is 9.13 Å². The molecule has 0 unspecified atom stereocenters. The Morgan fingerprint density at radius 3 is 2.90 bits per heavy atom. The SMILES string of the molecule is COCCCNc1nc(C)cn1-c1cc(F)cc(Cl)c1. The van der Waals surface area contributed by atoms with Gasteiger partial charge in [0, 0.05) is 31.5 Å². The van der Waals surface area contributed by atoms with Gasteiger partial charge >= 0.3 is 0 Å². The third-order valence-corrected chi connectivity index (χ3v) is 2.98. The number of ether oxygens (including phenoxy) is 1. The zero-order valence-electron chi connectivity index (χ0n) is 11.5. The molecule has 4 nitrogen and oxygen atoms in total. The minimum atomic E-state index is -0.371. The molecule has 0 bridgehead atoms. The summed E-state index contributed by atoms with van der Waals surface area (Å²) in [6.45, 7) is 3.30. The van der Waals surface area contributed by atoms with Gasteiger partial charge in [-0.1, -0.05) is 11.6 Å². The van der Waals surface area contributed by atoms with Crippen LogP contribution >= 0.6 is 11.6 Å². The summed E-state index contributed by atoms with van der Waals surface area (Å²) in [6.07, 6.45) is 2.70. The van der Waals surface area contributed by atoms with Crippen LogP contribution in [0.4, 0.5) is 10.3 Å². The first-order valence-corrected chi connectivity index (χ1v) is 6.73. The van der Waals surface area contributed by atoms with Crippen molar-refractivity contribution in [1.82, 2.24) is 9.55 Å². The number of anilines is 1.